The topological polar surface area (TPSA) is 75.3 Å². The Morgan fingerprint density at radius 1 is 0.966 bits per heavy atom. The van der Waals surface area contributed by atoms with Gasteiger partial charge in [0.15, 0.2) is 0 Å². The normalized spacial score (nSPS) is 11.1. The van der Waals surface area contributed by atoms with Gasteiger partial charge in [0, 0.05) is 10.5 Å². The molecule has 0 heterocycles. The molecule has 1 amide bonds. The Balaban J connectivity index is 1.78. The molecule has 0 radical (unpaired) electrons. The van der Waals surface area contributed by atoms with Gasteiger partial charge >= 0.3 is 0 Å². The van der Waals surface area contributed by atoms with Crippen LogP contribution in [0.25, 0.3) is 0 Å². The number of amides is 1. The standard InChI is InChI=1S/C21H19ClN2O3S2/c1-2-28-20-11-7-6-10-19(20)23-21(25)15-12-13-18(17(22)14-15)24-29(26,27)16-8-4-3-5-9-16/h3-14,24H,2H2,1H3,(H,23,25). The Hall–Kier alpha value is -2.48. The first-order valence-corrected chi connectivity index (χ1v) is 11.7. The molecule has 29 heavy (non-hydrogen) atoms. The van der Waals surface area contributed by atoms with E-state index in [0.29, 0.717) is 11.3 Å². The molecule has 5 nitrogen and oxygen atoms in total. The number of halogens is 1. The zero-order valence-corrected chi connectivity index (χ0v) is 17.9. The Labute approximate surface area is 179 Å². The van der Waals surface area contributed by atoms with Gasteiger partial charge < -0.3 is 5.32 Å². The number of carbonyl (C=O) groups is 1. The Bertz CT molecular complexity index is 1120. The number of hydrogen-bond donors (Lipinski definition) is 2. The van der Waals surface area contributed by atoms with E-state index in [1.165, 1.54) is 30.3 Å². The summed E-state index contributed by atoms with van der Waals surface area (Å²) in [4.78, 5) is 13.7. The first kappa shape index (κ1) is 21.2. The summed E-state index contributed by atoms with van der Waals surface area (Å²) in [5.74, 6) is 0.558. The molecule has 0 saturated heterocycles. The van der Waals surface area contributed by atoms with Crippen LogP contribution in [0.3, 0.4) is 0 Å². The summed E-state index contributed by atoms with van der Waals surface area (Å²) < 4.78 is 27.4. The minimum absolute atomic E-state index is 0.128. The average molecular weight is 447 g/mol. The van der Waals surface area contributed by atoms with Crippen molar-refractivity contribution in [2.75, 3.05) is 15.8 Å². The monoisotopic (exact) mass is 446 g/mol. The van der Waals surface area contributed by atoms with Crippen LogP contribution in [0.2, 0.25) is 5.02 Å². The highest BCUT2D eigenvalue weighted by molar-refractivity contribution is 7.99. The third kappa shape index (κ3) is 5.32. The molecular formula is C21H19ClN2O3S2. The summed E-state index contributed by atoms with van der Waals surface area (Å²) in [6.07, 6.45) is 0. The van der Waals surface area contributed by atoms with E-state index in [-0.39, 0.29) is 21.5 Å². The lowest BCUT2D eigenvalue weighted by Gasteiger charge is -2.12. The van der Waals surface area contributed by atoms with Crippen LogP contribution in [0, 0.1) is 0 Å². The molecule has 0 aliphatic heterocycles. The maximum Gasteiger partial charge on any atom is 0.261 e. The van der Waals surface area contributed by atoms with E-state index in [2.05, 4.69) is 10.0 Å². The highest BCUT2D eigenvalue weighted by Gasteiger charge is 2.17. The number of sulfonamides is 1. The summed E-state index contributed by atoms with van der Waals surface area (Å²) in [6, 6.07) is 20.0. The Kier molecular flexibility index (Phi) is 6.84. The number of thioether (sulfide) groups is 1. The summed E-state index contributed by atoms with van der Waals surface area (Å²) in [7, 11) is -3.77. The van der Waals surface area contributed by atoms with Crippen molar-refractivity contribution in [3.8, 4) is 0 Å². The third-order valence-electron chi connectivity index (χ3n) is 3.96. The fourth-order valence-corrected chi connectivity index (χ4v) is 4.73. The predicted octanol–water partition coefficient (Wildman–Crippen LogP) is 5.51. The average Bonchev–Trinajstić information content (AvgIpc) is 2.71. The minimum Gasteiger partial charge on any atom is -0.321 e. The van der Waals surface area contributed by atoms with Crippen LogP contribution in [-0.4, -0.2) is 20.1 Å². The van der Waals surface area contributed by atoms with E-state index >= 15 is 0 Å². The Morgan fingerprint density at radius 2 is 1.66 bits per heavy atom. The largest absolute Gasteiger partial charge is 0.321 e. The van der Waals surface area contributed by atoms with E-state index in [1.54, 1.807) is 30.0 Å². The van der Waals surface area contributed by atoms with E-state index in [1.807, 2.05) is 31.2 Å². The lowest BCUT2D eigenvalue weighted by atomic mass is 10.2. The van der Waals surface area contributed by atoms with E-state index in [0.717, 1.165) is 10.6 Å². The van der Waals surface area contributed by atoms with Crippen molar-refractivity contribution in [3.63, 3.8) is 0 Å². The second-order valence-electron chi connectivity index (χ2n) is 6.00. The van der Waals surface area contributed by atoms with Gasteiger partial charge in [0.2, 0.25) is 0 Å². The number of nitrogens with one attached hydrogen (secondary N) is 2. The van der Waals surface area contributed by atoms with E-state index < -0.39 is 10.0 Å². The zero-order chi connectivity index (χ0) is 20.9. The number of carbonyl (C=O) groups excluding carboxylic acids is 1. The van der Waals surface area contributed by atoms with Gasteiger partial charge in [0.25, 0.3) is 15.9 Å². The molecule has 2 N–H and O–H groups in total. The van der Waals surface area contributed by atoms with E-state index in [9.17, 15) is 13.2 Å². The van der Waals surface area contributed by atoms with Gasteiger partial charge in [-0.25, -0.2) is 8.42 Å². The van der Waals surface area contributed by atoms with Gasteiger partial charge in [-0.2, -0.15) is 0 Å². The Morgan fingerprint density at radius 3 is 2.34 bits per heavy atom. The molecule has 3 aromatic rings. The molecule has 3 rings (SSSR count). The van der Waals surface area contributed by atoms with Crippen molar-refractivity contribution in [1.29, 1.82) is 0 Å². The first-order chi connectivity index (χ1) is 13.9. The fourth-order valence-electron chi connectivity index (χ4n) is 2.59. The van der Waals surface area contributed by atoms with Crippen LogP contribution >= 0.6 is 23.4 Å². The second kappa shape index (κ2) is 9.35. The molecular weight excluding hydrogens is 428 g/mol. The van der Waals surface area contributed by atoms with Crippen molar-refractivity contribution in [1.82, 2.24) is 0 Å². The van der Waals surface area contributed by atoms with Gasteiger partial charge in [-0.15, -0.1) is 11.8 Å². The van der Waals surface area contributed by atoms with Crippen molar-refractivity contribution < 1.29 is 13.2 Å². The van der Waals surface area contributed by atoms with Crippen LogP contribution in [0.4, 0.5) is 11.4 Å². The van der Waals surface area contributed by atoms with Crippen molar-refractivity contribution in [2.45, 2.75) is 16.7 Å². The quantitative estimate of drug-likeness (QED) is 0.469. The van der Waals surface area contributed by atoms with Crippen LogP contribution < -0.4 is 10.0 Å². The van der Waals surface area contributed by atoms with Gasteiger partial charge in [0.05, 0.1) is 21.3 Å². The molecule has 0 aromatic heterocycles. The van der Waals surface area contributed by atoms with Crippen LogP contribution in [0.5, 0.6) is 0 Å². The molecule has 3 aromatic carbocycles. The molecule has 0 unspecified atom stereocenters. The summed E-state index contributed by atoms with van der Waals surface area (Å²) in [5, 5.41) is 3.01. The minimum atomic E-state index is -3.77. The maximum atomic E-state index is 12.6. The van der Waals surface area contributed by atoms with Crippen molar-refractivity contribution in [3.05, 3.63) is 83.4 Å². The summed E-state index contributed by atoms with van der Waals surface area (Å²) in [6.45, 7) is 2.04. The van der Waals surface area contributed by atoms with Crippen molar-refractivity contribution >= 4 is 50.7 Å². The first-order valence-electron chi connectivity index (χ1n) is 8.81. The molecule has 8 heteroatoms. The second-order valence-corrected chi connectivity index (χ2v) is 9.39. The van der Waals surface area contributed by atoms with Crippen LogP contribution in [0.1, 0.15) is 17.3 Å². The molecule has 0 aliphatic carbocycles. The summed E-state index contributed by atoms with van der Waals surface area (Å²) in [5.41, 5.74) is 1.25. The van der Waals surface area contributed by atoms with Crippen molar-refractivity contribution in [2.24, 2.45) is 0 Å². The number of hydrogen-bond acceptors (Lipinski definition) is 4. The maximum absolute atomic E-state index is 12.6. The number of para-hydroxylation sites is 1. The van der Waals surface area contributed by atoms with Gasteiger partial charge in [-0.05, 0) is 48.2 Å². The smallest absolute Gasteiger partial charge is 0.261 e. The van der Waals surface area contributed by atoms with Crippen LogP contribution in [-0.2, 0) is 10.0 Å². The molecule has 0 fully saturated rings. The van der Waals surface area contributed by atoms with Crippen LogP contribution in [0.15, 0.2) is 82.6 Å². The lowest BCUT2D eigenvalue weighted by molar-refractivity contribution is 0.102. The lowest BCUT2D eigenvalue weighted by Crippen LogP contribution is -2.15. The van der Waals surface area contributed by atoms with Gasteiger partial charge in [0.1, 0.15) is 0 Å². The molecule has 0 atom stereocenters. The summed E-state index contributed by atoms with van der Waals surface area (Å²) >= 11 is 7.87. The molecule has 0 saturated carbocycles. The van der Waals surface area contributed by atoms with Gasteiger partial charge in [-0.1, -0.05) is 48.9 Å². The number of benzene rings is 3. The molecule has 0 aliphatic rings. The number of rotatable bonds is 7. The predicted molar refractivity (Wildman–Crippen MR) is 119 cm³/mol. The van der Waals surface area contributed by atoms with Gasteiger partial charge in [-0.3, -0.25) is 9.52 Å². The molecule has 150 valence electrons. The SMILES string of the molecule is CCSc1ccccc1NC(=O)c1ccc(NS(=O)(=O)c2ccccc2)c(Cl)c1. The fraction of sp³-hybridized carbons (Fsp3) is 0.0952. The highest BCUT2D eigenvalue weighted by atomic mass is 35.5. The third-order valence-corrected chi connectivity index (χ3v) is 6.61. The zero-order valence-electron chi connectivity index (χ0n) is 15.6. The number of anilines is 2. The molecule has 0 spiro atoms. The van der Waals surface area contributed by atoms with E-state index in [4.69, 9.17) is 11.6 Å². The molecule has 0 bridgehead atoms. The highest BCUT2D eigenvalue weighted by Crippen LogP contribution is 2.29.